The molecular formula is C38H65N3O2. The third-order valence-corrected chi connectivity index (χ3v) is 8.67. The van der Waals surface area contributed by atoms with Gasteiger partial charge in [0.15, 0.2) is 5.75 Å². The highest BCUT2D eigenvalue weighted by Gasteiger charge is 2.24. The number of nitrogens with zero attached hydrogens (tertiary/aromatic N) is 1. The van der Waals surface area contributed by atoms with Crippen molar-refractivity contribution in [2.24, 2.45) is 5.92 Å². The van der Waals surface area contributed by atoms with Gasteiger partial charge in [-0.15, -0.1) is 0 Å². The van der Waals surface area contributed by atoms with Gasteiger partial charge in [-0.3, -0.25) is 4.79 Å². The van der Waals surface area contributed by atoms with E-state index in [4.69, 9.17) is 4.74 Å². The third kappa shape index (κ3) is 19.0. The first kappa shape index (κ1) is 37.1. The van der Waals surface area contributed by atoms with Crippen molar-refractivity contribution in [1.82, 2.24) is 15.2 Å². The maximum atomic E-state index is 12.5. The highest BCUT2D eigenvalue weighted by molar-refractivity contribution is 5.19. The van der Waals surface area contributed by atoms with Gasteiger partial charge in [0.1, 0.15) is 6.10 Å². The van der Waals surface area contributed by atoms with Gasteiger partial charge in [0, 0.05) is 37.3 Å². The van der Waals surface area contributed by atoms with Crippen molar-refractivity contribution < 1.29 is 4.74 Å². The predicted molar refractivity (Wildman–Crippen MR) is 185 cm³/mol. The molecule has 5 heteroatoms. The Morgan fingerprint density at radius 1 is 0.767 bits per heavy atom. The minimum atomic E-state index is -0.0584. The Bertz CT molecular complexity index is 945. The predicted octanol–water partition coefficient (Wildman–Crippen LogP) is 9.17. The number of aromatic amines is 1. The van der Waals surface area contributed by atoms with E-state index in [1.54, 1.807) is 18.5 Å². The summed E-state index contributed by atoms with van der Waals surface area (Å²) in [7, 11) is 4.25. The van der Waals surface area contributed by atoms with Crippen LogP contribution in [0.15, 0.2) is 53.6 Å². The Hall–Kier alpha value is -2.11. The molecule has 1 heterocycles. The average molecular weight is 596 g/mol. The first-order chi connectivity index (χ1) is 21.1. The molecule has 0 aliphatic carbocycles. The first-order valence-electron chi connectivity index (χ1n) is 17.8. The van der Waals surface area contributed by atoms with Crippen LogP contribution < -0.4 is 15.5 Å². The van der Waals surface area contributed by atoms with E-state index in [9.17, 15) is 4.79 Å². The van der Waals surface area contributed by atoms with Crippen LogP contribution in [0.25, 0.3) is 0 Å². The number of H-pyrrole nitrogens is 1. The fourth-order valence-electron chi connectivity index (χ4n) is 5.99. The minimum absolute atomic E-state index is 0.0522. The van der Waals surface area contributed by atoms with Crippen molar-refractivity contribution in [3.63, 3.8) is 0 Å². The zero-order valence-corrected chi connectivity index (χ0v) is 28.1. The van der Waals surface area contributed by atoms with Crippen LogP contribution in [0.2, 0.25) is 0 Å². The number of pyridine rings is 1. The van der Waals surface area contributed by atoms with Crippen LogP contribution in [0.5, 0.6) is 5.75 Å². The SMILES string of the molecule is CCCCCCCCCCCCCCCCCCC(CNCCCN(C)C)C(Cc1ccccc1)Oc1c[nH]ccc1=O. The number of hydrogen-bond acceptors (Lipinski definition) is 4. The summed E-state index contributed by atoms with van der Waals surface area (Å²) >= 11 is 0. The second-order valence-electron chi connectivity index (χ2n) is 12.9. The van der Waals surface area contributed by atoms with Crippen LogP contribution in [0, 0.1) is 5.92 Å². The molecule has 0 spiro atoms. The largest absolute Gasteiger partial charge is 0.484 e. The van der Waals surface area contributed by atoms with E-state index >= 15 is 0 Å². The summed E-state index contributed by atoms with van der Waals surface area (Å²) in [5, 5.41) is 3.72. The van der Waals surface area contributed by atoms with Gasteiger partial charge < -0.3 is 19.9 Å². The second kappa shape index (κ2) is 25.2. The number of aromatic nitrogens is 1. The minimum Gasteiger partial charge on any atom is -0.484 e. The Balaban J connectivity index is 1.76. The molecule has 5 nitrogen and oxygen atoms in total. The van der Waals surface area contributed by atoms with Crippen molar-refractivity contribution >= 4 is 0 Å². The molecule has 0 saturated carbocycles. The first-order valence-corrected chi connectivity index (χ1v) is 17.8. The molecule has 244 valence electrons. The van der Waals surface area contributed by atoms with Crippen LogP contribution in [0.4, 0.5) is 0 Å². The molecule has 1 aromatic carbocycles. The Kier molecular flexibility index (Phi) is 21.8. The maximum absolute atomic E-state index is 12.5. The molecule has 2 atom stereocenters. The molecule has 0 fully saturated rings. The summed E-state index contributed by atoms with van der Waals surface area (Å²) in [6.45, 7) is 5.28. The zero-order valence-electron chi connectivity index (χ0n) is 28.1. The maximum Gasteiger partial charge on any atom is 0.223 e. The molecular weight excluding hydrogens is 530 g/mol. The molecule has 0 saturated heterocycles. The highest BCUT2D eigenvalue weighted by atomic mass is 16.5. The van der Waals surface area contributed by atoms with Crippen LogP contribution in [0.1, 0.15) is 128 Å². The fraction of sp³-hybridized carbons (Fsp3) is 0.711. The summed E-state index contributed by atoms with van der Waals surface area (Å²) in [6.07, 6.45) is 28.5. The van der Waals surface area contributed by atoms with E-state index in [0.717, 1.165) is 38.9 Å². The Labute approximate surface area is 264 Å². The van der Waals surface area contributed by atoms with Crippen molar-refractivity contribution in [3.8, 4) is 5.75 Å². The summed E-state index contributed by atoms with van der Waals surface area (Å²) in [5.74, 6) is 0.763. The molecule has 43 heavy (non-hydrogen) atoms. The second-order valence-corrected chi connectivity index (χ2v) is 12.9. The van der Waals surface area contributed by atoms with E-state index in [1.807, 2.05) is 0 Å². The van der Waals surface area contributed by atoms with Crippen molar-refractivity contribution in [1.29, 1.82) is 0 Å². The molecule has 2 aromatic rings. The summed E-state index contributed by atoms with van der Waals surface area (Å²) in [6, 6.07) is 12.1. The number of rotatable bonds is 28. The molecule has 0 aliphatic heterocycles. The Morgan fingerprint density at radius 3 is 1.91 bits per heavy atom. The third-order valence-electron chi connectivity index (χ3n) is 8.67. The van der Waals surface area contributed by atoms with Crippen molar-refractivity contribution in [3.05, 3.63) is 64.6 Å². The fourth-order valence-corrected chi connectivity index (χ4v) is 5.99. The van der Waals surface area contributed by atoms with Crippen LogP contribution in [-0.4, -0.2) is 49.7 Å². The standard InChI is InChI=1S/C38H65N3O2/c1-4-5-6-7-8-9-10-11-12-13-14-15-16-17-18-22-26-35(32-39-28-23-30-41(2)3)37(31-34-24-20-19-21-25-34)43-38-33-40-29-27-36(38)42/h19-21,24-25,27,29,33,35,37,39H,4-18,22-23,26,28,30-32H2,1-3H3,(H,40,42). The molecule has 2 rings (SSSR count). The number of hydrogen-bond donors (Lipinski definition) is 2. The quantitative estimate of drug-likeness (QED) is 0.0963. The van der Waals surface area contributed by atoms with E-state index in [2.05, 4.69) is 66.6 Å². The van der Waals surface area contributed by atoms with Gasteiger partial charge in [-0.1, -0.05) is 140 Å². The van der Waals surface area contributed by atoms with Gasteiger partial charge in [-0.05, 0) is 45.6 Å². The smallest absolute Gasteiger partial charge is 0.223 e. The lowest BCUT2D eigenvalue weighted by atomic mass is 9.90. The monoisotopic (exact) mass is 596 g/mol. The molecule has 0 amide bonds. The highest BCUT2D eigenvalue weighted by Crippen LogP contribution is 2.22. The number of nitrogens with one attached hydrogen (secondary N) is 2. The van der Waals surface area contributed by atoms with Gasteiger partial charge in [0.2, 0.25) is 5.43 Å². The molecule has 0 aliphatic rings. The number of unbranched alkanes of at least 4 members (excludes halogenated alkanes) is 15. The lowest BCUT2D eigenvalue weighted by Gasteiger charge is -2.28. The van der Waals surface area contributed by atoms with Crippen molar-refractivity contribution in [2.75, 3.05) is 33.7 Å². The lowest BCUT2D eigenvalue weighted by molar-refractivity contribution is 0.122. The molecule has 0 radical (unpaired) electrons. The van der Waals surface area contributed by atoms with E-state index in [0.29, 0.717) is 11.7 Å². The van der Waals surface area contributed by atoms with Gasteiger partial charge in [-0.2, -0.15) is 0 Å². The number of ether oxygens (including phenoxy) is 1. The van der Waals surface area contributed by atoms with E-state index in [1.165, 1.54) is 108 Å². The molecule has 2 N–H and O–H groups in total. The lowest BCUT2D eigenvalue weighted by Crippen LogP contribution is -2.38. The van der Waals surface area contributed by atoms with E-state index < -0.39 is 0 Å². The van der Waals surface area contributed by atoms with Gasteiger partial charge in [-0.25, -0.2) is 0 Å². The molecule has 2 unspecified atom stereocenters. The van der Waals surface area contributed by atoms with Gasteiger partial charge >= 0.3 is 0 Å². The van der Waals surface area contributed by atoms with Crippen LogP contribution in [0.3, 0.4) is 0 Å². The zero-order chi connectivity index (χ0) is 30.8. The Morgan fingerprint density at radius 2 is 1.35 bits per heavy atom. The van der Waals surface area contributed by atoms with Gasteiger partial charge in [0.05, 0.1) is 0 Å². The van der Waals surface area contributed by atoms with Crippen LogP contribution in [-0.2, 0) is 6.42 Å². The molecule has 1 aromatic heterocycles. The molecule has 0 bridgehead atoms. The average Bonchev–Trinajstić information content (AvgIpc) is 3.00. The number of benzene rings is 1. The van der Waals surface area contributed by atoms with Crippen LogP contribution >= 0.6 is 0 Å². The van der Waals surface area contributed by atoms with Gasteiger partial charge in [0.25, 0.3) is 0 Å². The van der Waals surface area contributed by atoms with E-state index in [-0.39, 0.29) is 11.5 Å². The summed E-state index contributed by atoms with van der Waals surface area (Å²) < 4.78 is 6.49. The topological polar surface area (TPSA) is 57.4 Å². The van der Waals surface area contributed by atoms with Crippen molar-refractivity contribution in [2.45, 2.75) is 135 Å². The normalized spacial score (nSPS) is 12.9. The summed E-state index contributed by atoms with van der Waals surface area (Å²) in [5.41, 5.74) is 1.20. The summed E-state index contributed by atoms with van der Waals surface area (Å²) in [4.78, 5) is 17.8.